The molecule has 1 aliphatic heterocycles. The van der Waals surface area contributed by atoms with Crippen LogP contribution >= 0.6 is 0 Å². The van der Waals surface area contributed by atoms with Gasteiger partial charge in [-0.1, -0.05) is 70.6 Å². The van der Waals surface area contributed by atoms with E-state index in [-0.39, 0.29) is 11.5 Å². The third-order valence-corrected chi connectivity index (χ3v) is 10.2. The molecule has 0 spiro atoms. The van der Waals surface area contributed by atoms with Gasteiger partial charge in [-0.05, 0) is 143 Å². The molecule has 0 unspecified atom stereocenters. The molecule has 1 aliphatic carbocycles. The van der Waals surface area contributed by atoms with E-state index in [1.165, 1.54) is 51.0 Å². The number of nitrogens with two attached hydrogens (primary N) is 1. The fraction of sp³-hybridized carbons (Fsp3) is 0.378. The van der Waals surface area contributed by atoms with E-state index in [4.69, 9.17) is 11.1 Å². The molecular formula is C45H59FN6. The molecule has 0 atom stereocenters. The lowest BCUT2D eigenvalue weighted by molar-refractivity contribution is 0.334. The molecule has 4 rings (SSSR count). The first-order chi connectivity index (χ1) is 25.0. The first kappa shape index (κ1) is 40.0. The second-order valence-corrected chi connectivity index (χ2v) is 14.2. The third-order valence-electron chi connectivity index (χ3n) is 10.2. The van der Waals surface area contributed by atoms with Gasteiger partial charge in [0.05, 0.1) is 17.1 Å². The maximum atomic E-state index is 14.8. The molecule has 6 nitrogen and oxygen atoms in total. The highest BCUT2D eigenvalue weighted by molar-refractivity contribution is 6.13. The van der Waals surface area contributed by atoms with Gasteiger partial charge in [0.1, 0.15) is 5.82 Å². The summed E-state index contributed by atoms with van der Waals surface area (Å²) in [5.41, 5.74) is 15.4. The predicted molar refractivity (Wildman–Crippen MR) is 220 cm³/mol. The molecule has 2 aromatic rings. The second kappa shape index (κ2) is 19.7. The van der Waals surface area contributed by atoms with Crippen LogP contribution in [-0.2, 0) is 6.42 Å². The van der Waals surface area contributed by atoms with Gasteiger partial charge in [-0.2, -0.15) is 0 Å². The minimum atomic E-state index is -0.270. The Kier molecular flexibility index (Phi) is 15.2. The number of halogens is 1. The number of rotatable bonds is 18. The highest BCUT2D eigenvalue weighted by atomic mass is 19.1. The summed E-state index contributed by atoms with van der Waals surface area (Å²) in [5, 5.41) is 15.5. The van der Waals surface area contributed by atoms with Crippen molar-refractivity contribution in [3.05, 3.63) is 144 Å². The molecular weight excluding hydrogens is 644 g/mol. The Balaban J connectivity index is 1.38. The summed E-state index contributed by atoms with van der Waals surface area (Å²) in [4.78, 5) is 7.08. The average molecular weight is 703 g/mol. The number of nitrogens with one attached hydrogen (secondary N) is 3. The number of anilines is 1. The van der Waals surface area contributed by atoms with E-state index in [1.54, 1.807) is 18.3 Å². The monoisotopic (exact) mass is 702 g/mol. The van der Waals surface area contributed by atoms with Crippen LogP contribution in [-0.4, -0.2) is 35.2 Å². The van der Waals surface area contributed by atoms with Crippen molar-refractivity contribution in [2.45, 2.75) is 85.0 Å². The Hall–Kier alpha value is -4.75. The quantitative estimate of drug-likeness (QED) is 0.0917. The van der Waals surface area contributed by atoms with Crippen molar-refractivity contribution in [1.29, 1.82) is 5.41 Å². The van der Waals surface area contributed by atoms with Gasteiger partial charge < -0.3 is 21.3 Å². The summed E-state index contributed by atoms with van der Waals surface area (Å²) in [6.07, 6.45) is 23.1. The van der Waals surface area contributed by atoms with Gasteiger partial charge >= 0.3 is 0 Å². The second-order valence-electron chi connectivity index (χ2n) is 14.2. The van der Waals surface area contributed by atoms with Crippen LogP contribution < -0.4 is 16.4 Å². The van der Waals surface area contributed by atoms with E-state index in [0.29, 0.717) is 28.6 Å². The molecule has 2 heterocycles. The van der Waals surface area contributed by atoms with Gasteiger partial charge in [-0.25, -0.2) is 4.39 Å². The fourth-order valence-electron chi connectivity index (χ4n) is 7.10. The van der Waals surface area contributed by atoms with Crippen molar-refractivity contribution in [2.24, 2.45) is 11.7 Å². The van der Waals surface area contributed by atoms with Crippen molar-refractivity contribution >= 4 is 11.4 Å². The molecule has 2 aliphatic rings. The van der Waals surface area contributed by atoms with E-state index in [2.05, 4.69) is 52.9 Å². The van der Waals surface area contributed by atoms with E-state index >= 15 is 0 Å². The minimum absolute atomic E-state index is 0.0874. The molecule has 1 saturated carbocycles. The Bertz CT molecular complexity index is 1760. The van der Waals surface area contributed by atoms with Crippen molar-refractivity contribution in [2.75, 3.05) is 25.0 Å². The van der Waals surface area contributed by atoms with Crippen LogP contribution in [0.15, 0.2) is 127 Å². The Morgan fingerprint density at radius 2 is 1.81 bits per heavy atom. The number of likely N-dealkylation sites (tertiary alicyclic amines) is 1. The molecule has 52 heavy (non-hydrogen) atoms. The number of hydrogen-bond donors (Lipinski definition) is 4. The lowest BCUT2D eigenvalue weighted by Gasteiger charge is -2.23. The van der Waals surface area contributed by atoms with Crippen LogP contribution in [0.25, 0.3) is 11.3 Å². The lowest BCUT2D eigenvalue weighted by Crippen LogP contribution is -2.20. The summed E-state index contributed by atoms with van der Waals surface area (Å²) in [6.45, 7) is 25.8. The number of hydrogen-bond acceptors (Lipinski definition) is 6. The lowest BCUT2D eigenvalue weighted by atomic mass is 9.86. The van der Waals surface area contributed by atoms with Gasteiger partial charge in [0.15, 0.2) is 0 Å². The topological polar surface area (TPSA) is 90.1 Å². The number of allylic oxidation sites excluding steroid dienone is 10. The Morgan fingerprint density at radius 3 is 2.50 bits per heavy atom. The summed E-state index contributed by atoms with van der Waals surface area (Å²) < 4.78 is 14.8. The normalized spacial score (nSPS) is 16.5. The van der Waals surface area contributed by atoms with Crippen LogP contribution in [0.2, 0.25) is 0 Å². The number of nitrogens with zero attached hydrogens (tertiary/aromatic N) is 2. The smallest absolute Gasteiger partial charge is 0.124 e. The molecule has 0 amide bonds. The van der Waals surface area contributed by atoms with Gasteiger partial charge in [-0.3, -0.25) is 10.4 Å². The standard InChI is InChI=1S/C45H59FN6/c1-8-38(30-41(9-2)50-32(4)26-36-16-11-10-12-17-36)31(3)19-20-42(47)33(5)44(48)35(7)51-43-21-22-49-45(34(43)6)39-27-37(28-40(46)29-39)18-15-25-52-23-13-14-24-52/h8-9,19-22,27-30,36,48,50H,2,4-5,7,10-18,23-26,47H2,1,3,6H3,(H,49,51)/b31-19+,38-8+,41-30+,42-20+,48-44?. The fourth-order valence-corrected chi connectivity index (χ4v) is 7.10. The van der Waals surface area contributed by atoms with Crippen LogP contribution in [0.4, 0.5) is 10.1 Å². The molecule has 1 saturated heterocycles. The molecule has 2 fully saturated rings. The predicted octanol–water partition coefficient (Wildman–Crippen LogP) is 10.6. The zero-order chi connectivity index (χ0) is 37.6. The van der Waals surface area contributed by atoms with Crippen molar-refractivity contribution in [3.63, 3.8) is 0 Å². The Morgan fingerprint density at radius 1 is 1.08 bits per heavy atom. The van der Waals surface area contributed by atoms with E-state index in [1.807, 2.05) is 51.1 Å². The molecule has 276 valence electrons. The highest BCUT2D eigenvalue weighted by Crippen LogP contribution is 2.30. The van der Waals surface area contributed by atoms with E-state index in [0.717, 1.165) is 83.8 Å². The van der Waals surface area contributed by atoms with Crippen LogP contribution in [0.5, 0.6) is 0 Å². The summed E-state index contributed by atoms with van der Waals surface area (Å²) in [7, 11) is 0. The molecule has 0 radical (unpaired) electrons. The Labute approximate surface area is 312 Å². The van der Waals surface area contributed by atoms with Crippen molar-refractivity contribution < 1.29 is 4.39 Å². The molecule has 7 heteroatoms. The maximum Gasteiger partial charge on any atom is 0.124 e. The first-order valence-corrected chi connectivity index (χ1v) is 18.8. The third kappa shape index (κ3) is 11.6. The highest BCUT2D eigenvalue weighted by Gasteiger charge is 2.17. The van der Waals surface area contributed by atoms with E-state index in [9.17, 15) is 4.39 Å². The maximum absolute atomic E-state index is 14.8. The number of aromatic nitrogens is 1. The van der Waals surface area contributed by atoms with Crippen molar-refractivity contribution in [3.8, 4) is 11.3 Å². The van der Waals surface area contributed by atoms with Gasteiger partial charge in [0, 0.05) is 40.1 Å². The minimum Gasteiger partial charge on any atom is -0.398 e. The number of pyridine rings is 1. The molecule has 1 aromatic heterocycles. The number of aryl methyl sites for hydroxylation is 1. The average Bonchev–Trinajstić information content (AvgIpc) is 3.66. The summed E-state index contributed by atoms with van der Waals surface area (Å²) in [5.74, 6) is 0.432. The largest absolute Gasteiger partial charge is 0.398 e. The SMILES string of the molecule is C=C\C(=C/C(=C\C)C(/C)=C/C=C(/N)C(=C)C(=N)C(=C)Nc1ccnc(-c2cc(F)cc(CCCN3CCCC3)c2)c1C)NC(=C)CC1CCCCC1. The zero-order valence-electron chi connectivity index (χ0n) is 31.7. The first-order valence-electron chi connectivity index (χ1n) is 18.8. The zero-order valence-corrected chi connectivity index (χ0v) is 31.7. The summed E-state index contributed by atoms with van der Waals surface area (Å²) >= 11 is 0. The van der Waals surface area contributed by atoms with Crippen molar-refractivity contribution in [1.82, 2.24) is 15.2 Å². The molecule has 1 aromatic carbocycles. The van der Waals surface area contributed by atoms with Crippen LogP contribution in [0, 0.1) is 24.1 Å². The van der Waals surface area contributed by atoms with Gasteiger partial charge in [0.25, 0.3) is 0 Å². The van der Waals surface area contributed by atoms with Gasteiger partial charge in [0.2, 0.25) is 0 Å². The van der Waals surface area contributed by atoms with E-state index < -0.39 is 0 Å². The molecule has 5 N–H and O–H groups in total. The van der Waals surface area contributed by atoms with Gasteiger partial charge in [-0.15, -0.1) is 0 Å². The summed E-state index contributed by atoms with van der Waals surface area (Å²) in [6, 6.07) is 7.01. The van der Waals surface area contributed by atoms with Crippen LogP contribution in [0.3, 0.4) is 0 Å². The van der Waals surface area contributed by atoms with Crippen LogP contribution in [0.1, 0.15) is 82.8 Å². The molecule has 0 bridgehead atoms. The number of benzene rings is 1.